The smallest absolute Gasteiger partial charge is 0.101 e. The molecule has 194 valence electrons. The molecule has 5 nitrogen and oxygen atoms in total. The maximum atomic E-state index is 9.99. The number of aliphatic hydroxyl groups is 3. The molecule has 0 aromatic carbocycles. The molecule has 0 aromatic heterocycles. The lowest BCUT2D eigenvalue weighted by Gasteiger charge is -2.16. The molecule has 2 atom stereocenters. The van der Waals surface area contributed by atoms with Crippen LogP contribution in [-0.2, 0) is 9.47 Å². The average molecular weight is 461 g/mol. The van der Waals surface area contributed by atoms with Crippen LogP contribution in [-0.4, -0.2) is 60.1 Å². The third kappa shape index (κ3) is 24.4. The third-order valence-electron chi connectivity index (χ3n) is 6.02. The molecule has 0 bridgehead atoms. The van der Waals surface area contributed by atoms with E-state index in [1.54, 1.807) is 0 Å². The van der Waals surface area contributed by atoms with Crippen LogP contribution in [0.2, 0.25) is 0 Å². The Morgan fingerprint density at radius 2 is 0.688 bits per heavy atom. The molecule has 0 saturated heterocycles. The summed E-state index contributed by atoms with van der Waals surface area (Å²) in [7, 11) is 0. The molecule has 0 amide bonds. The van der Waals surface area contributed by atoms with Crippen LogP contribution in [0.1, 0.15) is 129 Å². The molecule has 0 aliphatic rings. The molecule has 0 heterocycles. The van der Waals surface area contributed by atoms with Crippen LogP contribution in [0.4, 0.5) is 0 Å². The van der Waals surface area contributed by atoms with Gasteiger partial charge in [0.15, 0.2) is 0 Å². The summed E-state index contributed by atoms with van der Waals surface area (Å²) in [6.45, 7) is 5.30. The van der Waals surface area contributed by atoms with Gasteiger partial charge in [-0.2, -0.15) is 0 Å². The number of ether oxygens (including phenoxy) is 2. The van der Waals surface area contributed by atoms with Gasteiger partial charge >= 0.3 is 0 Å². The van der Waals surface area contributed by atoms with Gasteiger partial charge in [-0.15, -0.1) is 0 Å². The highest BCUT2D eigenvalue weighted by Crippen LogP contribution is 2.12. The maximum absolute atomic E-state index is 9.99. The number of aliphatic hydroxyl groups excluding tert-OH is 3. The van der Waals surface area contributed by atoms with Crippen molar-refractivity contribution in [2.75, 3.05) is 26.4 Å². The SMILES string of the molecule is CCCCCCCCCCC(O)COCC(O)COCC(O)CCCCCCCCCC. The van der Waals surface area contributed by atoms with Crippen molar-refractivity contribution in [1.29, 1.82) is 0 Å². The van der Waals surface area contributed by atoms with Gasteiger partial charge in [0.25, 0.3) is 0 Å². The first-order chi connectivity index (χ1) is 15.6. The normalized spacial score (nSPS) is 14.5. The van der Waals surface area contributed by atoms with Crippen LogP contribution < -0.4 is 0 Å². The van der Waals surface area contributed by atoms with Gasteiger partial charge in [-0.3, -0.25) is 0 Å². The molecule has 0 aliphatic heterocycles. The molecule has 0 spiro atoms. The summed E-state index contributed by atoms with van der Waals surface area (Å²) in [5.74, 6) is 0. The van der Waals surface area contributed by atoms with Crippen molar-refractivity contribution in [2.24, 2.45) is 0 Å². The van der Waals surface area contributed by atoms with E-state index in [9.17, 15) is 15.3 Å². The van der Waals surface area contributed by atoms with Crippen molar-refractivity contribution in [3.05, 3.63) is 0 Å². The minimum Gasteiger partial charge on any atom is -0.391 e. The monoisotopic (exact) mass is 460 g/mol. The second-order valence-electron chi connectivity index (χ2n) is 9.56. The predicted octanol–water partition coefficient (Wildman–Crippen LogP) is 6.16. The first-order valence-corrected chi connectivity index (χ1v) is 13.8. The van der Waals surface area contributed by atoms with Crippen molar-refractivity contribution >= 4 is 0 Å². The van der Waals surface area contributed by atoms with Gasteiger partial charge < -0.3 is 24.8 Å². The van der Waals surface area contributed by atoms with Crippen LogP contribution in [0.5, 0.6) is 0 Å². The van der Waals surface area contributed by atoms with Crippen molar-refractivity contribution < 1.29 is 24.8 Å². The summed E-state index contributed by atoms with van der Waals surface area (Å²) in [5, 5.41) is 29.9. The van der Waals surface area contributed by atoms with E-state index in [1.165, 1.54) is 89.9 Å². The van der Waals surface area contributed by atoms with Gasteiger partial charge in [0.1, 0.15) is 6.10 Å². The molecular weight excluding hydrogens is 404 g/mol. The van der Waals surface area contributed by atoms with Gasteiger partial charge in [0.2, 0.25) is 0 Å². The second kappa shape index (κ2) is 25.4. The standard InChI is InChI=1S/C27H56O5/c1-3-5-7-9-11-13-15-17-19-25(28)21-31-23-27(30)24-32-22-26(29)20-18-16-14-12-10-8-6-4-2/h25-30H,3-24H2,1-2H3. The first kappa shape index (κ1) is 31.8. The minimum atomic E-state index is -0.722. The Morgan fingerprint density at radius 1 is 0.406 bits per heavy atom. The van der Waals surface area contributed by atoms with E-state index in [-0.39, 0.29) is 26.4 Å². The van der Waals surface area contributed by atoms with E-state index in [2.05, 4.69) is 13.8 Å². The summed E-state index contributed by atoms with van der Waals surface area (Å²) in [5.41, 5.74) is 0. The highest BCUT2D eigenvalue weighted by molar-refractivity contribution is 4.59. The van der Waals surface area contributed by atoms with Gasteiger partial charge in [0, 0.05) is 0 Å². The molecule has 32 heavy (non-hydrogen) atoms. The van der Waals surface area contributed by atoms with E-state index < -0.39 is 18.3 Å². The van der Waals surface area contributed by atoms with E-state index in [1.807, 2.05) is 0 Å². The summed E-state index contributed by atoms with van der Waals surface area (Å²) in [6, 6.07) is 0. The van der Waals surface area contributed by atoms with Gasteiger partial charge in [0.05, 0.1) is 38.6 Å². The molecule has 0 fully saturated rings. The Hall–Kier alpha value is -0.200. The van der Waals surface area contributed by atoms with Crippen LogP contribution in [0.3, 0.4) is 0 Å². The van der Waals surface area contributed by atoms with E-state index >= 15 is 0 Å². The Balaban J connectivity index is 3.41. The molecule has 0 radical (unpaired) electrons. The highest BCUT2D eigenvalue weighted by atomic mass is 16.5. The summed E-state index contributed by atoms with van der Waals surface area (Å²) in [4.78, 5) is 0. The third-order valence-corrected chi connectivity index (χ3v) is 6.02. The zero-order valence-electron chi connectivity index (χ0n) is 21.4. The van der Waals surface area contributed by atoms with Gasteiger partial charge in [-0.25, -0.2) is 0 Å². The van der Waals surface area contributed by atoms with Crippen LogP contribution in [0, 0.1) is 0 Å². The van der Waals surface area contributed by atoms with Crippen molar-refractivity contribution in [1.82, 2.24) is 0 Å². The minimum absolute atomic E-state index is 0.155. The average Bonchev–Trinajstić information content (AvgIpc) is 2.77. The second-order valence-corrected chi connectivity index (χ2v) is 9.56. The Bertz CT molecular complexity index is 321. The predicted molar refractivity (Wildman–Crippen MR) is 134 cm³/mol. The largest absolute Gasteiger partial charge is 0.391 e. The fourth-order valence-corrected chi connectivity index (χ4v) is 3.92. The molecule has 0 saturated carbocycles. The summed E-state index contributed by atoms with van der Waals surface area (Å²) in [6.07, 6.45) is 20.0. The molecule has 0 aromatic rings. The number of rotatable bonds is 26. The van der Waals surface area contributed by atoms with E-state index in [0.29, 0.717) is 0 Å². The maximum Gasteiger partial charge on any atom is 0.101 e. The quantitative estimate of drug-likeness (QED) is 0.135. The van der Waals surface area contributed by atoms with Gasteiger partial charge in [-0.05, 0) is 12.8 Å². The Labute approximate surface area is 199 Å². The molecule has 3 N–H and O–H groups in total. The Kier molecular flexibility index (Phi) is 25.3. The van der Waals surface area contributed by atoms with Crippen molar-refractivity contribution in [2.45, 2.75) is 148 Å². The number of hydrogen-bond donors (Lipinski definition) is 3. The highest BCUT2D eigenvalue weighted by Gasteiger charge is 2.10. The Morgan fingerprint density at radius 3 is 1.03 bits per heavy atom. The van der Waals surface area contributed by atoms with E-state index in [0.717, 1.165) is 25.7 Å². The lowest BCUT2D eigenvalue weighted by molar-refractivity contribution is -0.0540. The van der Waals surface area contributed by atoms with Crippen LogP contribution >= 0.6 is 0 Å². The lowest BCUT2D eigenvalue weighted by atomic mass is 10.1. The van der Waals surface area contributed by atoms with Gasteiger partial charge in [-0.1, -0.05) is 117 Å². The lowest BCUT2D eigenvalue weighted by Crippen LogP contribution is -2.27. The summed E-state index contributed by atoms with van der Waals surface area (Å²) >= 11 is 0. The first-order valence-electron chi connectivity index (χ1n) is 13.8. The molecule has 0 rings (SSSR count). The zero-order valence-corrected chi connectivity index (χ0v) is 21.4. The van der Waals surface area contributed by atoms with Crippen molar-refractivity contribution in [3.8, 4) is 0 Å². The zero-order chi connectivity index (χ0) is 23.7. The number of unbranched alkanes of at least 4 members (excludes halogenated alkanes) is 14. The molecule has 0 aliphatic carbocycles. The fraction of sp³-hybridized carbons (Fsp3) is 1.00. The van der Waals surface area contributed by atoms with Crippen molar-refractivity contribution in [3.63, 3.8) is 0 Å². The molecular formula is C27H56O5. The van der Waals surface area contributed by atoms with E-state index in [4.69, 9.17) is 9.47 Å². The topological polar surface area (TPSA) is 79.2 Å². The fourth-order valence-electron chi connectivity index (χ4n) is 3.92. The molecule has 5 heteroatoms. The number of hydrogen-bond acceptors (Lipinski definition) is 5. The van der Waals surface area contributed by atoms with Crippen LogP contribution in [0.15, 0.2) is 0 Å². The van der Waals surface area contributed by atoms with Crippen LogP contribution in [0.25, 0.3) is 0 Å². The molecule has 2 unspecified atom stereocenters. The summed E-state index contributed by atoms with van der Waals surface area (Å²) < 4.78 is 10.8.